The van der Waals surface area contributed by atoms with Crippen molar-refractivity contribution in [3.63, 3.8) is 0 Å². The maximum Gasteiger partial charge on any atom is 0.225 e. The van der Waals surface area contributed by atoms with Gasteiger partial charge in [0.25, 0.3) is 0 Å². The molecule has 3 saturated carbocycles. The summed E-state index contributed by atoms with van der Waals surface area (Å²) in [7, 11) is 0. The van der Waals surface area contributed by atoms with Gasteiger partial charge < -0.3 is 4.90 Å². The summed E-state index contributed by atoms with van der Waals surface area (Å²) >= 11 is 0. The number of hydrazine groups is 3. The molecule has 6 heteroatoms. The van der Waals surface area contributed by atoms with Crippen LogP contribution < -0.4 is 21.9 Å². The van der Waals surface area contributed by atoms with Gasteiger partial charge in [0.15, 0.2) is 0 Å². The third kappa shape index (κ3) is 3.58. The summed E-state index contributed by atoms with van der Waals surface area (Å²) in [5, 5.41) is 0. The van der Waals surface area contributed by atoms with E-state index in [4.69, 9.17) is 0 Å². The Hall–Kier alpha value is -1.47. The molecule has 0 aromatic heterocycles. The van der Waals surface area contributed by atoms with Crippen molar-refractivity contribution in [1.29, 1.82) is 0 Å². The highest BCUT2D eigenvalue weighted by atomic mass is 16.2. The molecule has 5 fully saturated rings. The van der Waals surface area contributed by atoms with E-state index in [1.54, 1.807) is 0 Å². The van der Waals surface area contributed by atoms with E-state index in [2.05, 4.69) is 51.1 Å². The molecule has 5 aliphatic rings. The Kier molecular flexibility index (Phi) is 4.87. The van der Waals surface area contributed by atoms with Crippen molar-refractivity contribution in [3.8, 4) is 0 Å². The number of carbonyl (C=O) groups is 1. The molecule has 30 heavy (non-hydrogen) atoms. The second kappa shape index (κ2) is 7.59. The van der Waals surface area contributed by atoms with E-state index in [-0.39, 0.29) is 6.17 Å². The third-order valence-electron chi connectivity index (χ3n) is 8.80. The van der Waals surface area contributed by atoms with E-state index in [1.165, 1.54) is 56.1 Å². The summed E-state index contributed by atoms with van der Waals surface area (Å²) in [5.41, 5.74) is 15.6. The molecule has 1 aromatic carbocycles. The molecule has 1 spiro atoms. The van der Waals surface area contributed by atoms with E-state index in [0.29, 0.717) is 23.2 Å². The van der Waals surface area contributed by atoms with Gasteiger partial charge in [0, 0.05) is 19.0 Å². The molecule has 3 aliphatic carbocycles. The quantitative estimate of drug-likeness (QED) is 0.615. The van der Waals surface area contributed by atoms with Gasteiger partial charge in [-0.25, -0.2) is 10.9 Å². The topological polar surface area (TPSA) is 68.4 Å². The van der Waals surface area contributed by atoms with Crippen molar-refractivity contribution >= 4 is 5.91 Å². The zero-order valence-electron chi connectivity index (χ0n) is 17.8. The fraction of sp³-hybridized carbons (Fsp3) is 0.708. The number of hydrogen-bond acceptors (Lipinski definition) is 5. The standard InChI is InChI=1S/C24H35N5O/c30-23(18-8-9-18)29-12-10-24(11-13-29)15-21(24)17-6-4-16(5-7-17)19-2-1-3-20(14-19)22-25-27-28-26-22/h1-3,14,16-18,21-22,25-28H,4-13,15H2/t16?,17?,21-/m0/s1. The van der Waals surface area contributed by atoms with Gasteiger partial charge in [-0.15, -0.1) is 0 Å². The fourth-order valence-electron chi connectivity index (χ4n) is 6.65. The van der Waals surface area contributed by atoms with Crippen molar-refractivity contribution in [2.24, 2.45) is 23.2 Å². The van der Waals surface area contributed by atoms with Crippen LogP contribution in [-0.2, 0) is 4.79 Å². The average Bonchev–Trinajstić information content (AvgIpc) is 3.71. The Morgan fingerprint density at radius 1 is 0.933 bits per heavy atom. The van der Waals surface area contributed by atoms with E-state index in [1.807, 2.05) is 0 Å². The van der Waals surface area contributed by atoms with Crippen molar-refractivity contribution in [1.82, 2.24) is 26.8 Å². The molecule has 0 bridgehead atoms. The molecule has 1 aromatic rings. The molecule has 6 rings (SSSR count). The highest BCUT2D eigenvalue weighted by Gasteiger charge is 2.58. The van der Waals surface area contributed by atoms with Gasteiger partial charge in [0.1, 0.15) is 6.17 Å². The first kappa shape index (κ1) is 19.2. The van der Waals surface area contributed by atoms with Crippen LogP contribution in [0.15, 0.2) is 24.3 Å². The highest BCUT2D eigenvalue weighted by molar-refractivity contribution is 5.81. The fourth-order valence-corrected chi connectivity index (χ4v) is 6.65. The molecule has 0 radical (unpaired) electrons. The number of nitrogens with zero attached hydrogens (tertiary/aromatic N) is 1. The van der Waals surface area contributed by atoms with Gasteiger partial charge >= 0.3 is 0 Å². The molecular formula is C24H35N5O. The van der Waals surface area contributed by atoms with Crippen LogP contribution >= 0.6 is 0 Å². The van der Waals surface area contributed by atoms with Gasteiger partial charge in [-0.1, -0.05) is 24.3 Å². The number of benzene rings is 1. The monoisotopic (exact) mass is 409 g/mol. The van der Waals surface area contributed by atoms with Crippen molar-refractivity contribution < 1.29 is 4.79 Å². The normalized spacial score (nSPS) is 33.7. The van der Waals surface area contributed by atoms with E-state index in [9.17, 15) is 4.79 Å². The highest BCUT2D eigenvalue weighted by Crippen LogP contribution is 2.65. The van der Waals surface area contributed by atoms with Crippen molar-refractivity contribution in [2.75, 3.05) is 13.1 Å². The van der Waals surface area contributed by atoms with E-state index < -0.39 is 0 Å². The summed E-state index contributed by atoms with van der Waals surface area (Å²) in [4.78, 5) is 14.5. The lowest BCUT2D eigenvalue weighted by atomic mass is 9.74. The molecule has 0 unspecified atom stereocenters. The summed E-state index contributed by atoms with van der Waals surface area (Å²) in [5.74, 6) is 3.40. The molecule has 2 heterocycles. The predicted octanol–water partition coefficient (Wildman–Crippen LogP) is 3.11. The van der Waals surface area contributed by atoms with E-state index >= 15 is 0 Å². The maximum atomic E-state index is 12.4. The zero-order valence-corrected chi connectivity index (χ0v) is 17.8. The molecule has 2 aliphatic heterocycles. The summed E-state index contributed by atoms with van der Waals surface area (Å²) in [6.45, 7) is 2.06. The summed E-state index contributed by atoms with van der Waals surface area (Å²) in [6, 6.07) is 9.07. The Morgan fingerprint density at radius 2 is 1.63 bits per heavy atom. The van der Waals surface area contributed by atoms with Crippen LogP contribution in [0.3, 0.4) is 0 Å². The second-order valence-corrected chi connectivity index (χ2v) is 10.5. The largest absolute Gasteiger partial charge is 0.342 e. The number of nitrogens with one attached hydrogen (secondary N) is 4. The lowest BCUT2D eigenvalue weighted by Crippen LogP contribution is -2.40. The minimum Gasteiger partial charge on any atom is -0.342 e. The number of likely N-dealkylation sites (tertiary alicyclic amines) is 1. The number of rotatable bonds is 4. The van der Waals surface area contributed by atoms with Crippen LogP contribution in [0.25, 0.3) is 0 Å². The van der Waals surface area contributed by atoms with Gasteiger partial charge in [0.05, 0.1) is 0 Å². The molecule has 1 atom stereocenters. The Bertz CT molecular complexity index is 787. The van der Waals surface area contributed by atoms with Crippen LogP contribution in [0.1, 0.15) is 81.0 Å². The van der Waals surface area contributed by atoms with Crippen LogP contribution in [0, 0.1) is 23.2 Å². The zero-order chi connectivity index (χ0) is 20.1. The van der Waals surface area contributed by atoms with Crippen molar-refractivity contribution in [3.05, 3.63) is 35.4 Å². The Balaban J connectivity index is 1.02. The first-order valence-corrected chi connectivity index (χ1v) is 12.1. The molecule has 1 amide bonds. The molecular weight excluding hydrogens is 374 g/mol. The predicted molar refractivity (Wildman–Crippen MR) is 116 cm³/mol. The van der Waals surface area contributed by atoms with E-state index in [0.717, 1.165) is 37.8 Å². The lowest BCUT2D eigenvalue weighted by Gasteiger charge is -2.36. The van der Waals surface area contributed by atoms with Gasteiger partial charge in [-0.2, -0.15) is 11.1 Å². The molecule has 2 saturated heterocycles. The second-order valence-electron chi connectivity index (χ2n) is 10.5. The van der Waals surface area contributed by atoms with Crippen molar-refractivity contribution in [2.45, 2.75) is 69.9 Å². The maximum absolute atomic E-state index is 12.4. The minimum atomic E-state index is 0.116. The summed E-state index contributed by atoms with van der Waals surface area (Å²) in [6.07, 6.45) is 11.8. The Morgan fingerprint density at radius 3 is 2.33 bits per heavy atom. The van der Waals surface area contributed by atoms with Crippen LogP contribution in [-0.4, -0.2) is 23.9 Å². The minimum absolute atomic E-state index is 0.116. The summed E-state index contributed by atoms with van der Waals surface area (Å²) < 4.78 is 0. The van der Waals surface area contributed by atoms with Crippen LogP contribution in [0.4, 0.5) is 0 Å². The SMILES string of the molecule is O=C(C1CC1)N1CCC2(CC1)C[C@H]2C1CCC(c2cccc(C3NNNN3)c2)CC1. The third-order valence-corrected chi connectivity index (χ3v) is 8.80. The van der Waals surface area contributed by atoms with Crippen LogP contribution in [0.5, 0.6) is 0 Å². The number of carbonyl (C=O) groups excluding carboxylic acids is 1. The van der Waals surface area contributed by atoms with Gasteiger partial charge in [0.2, 0.25) is 5.91 Å². The van der Waals surface area contributed by atoms with Crippen LogP contribution in [0.2, 0.25) is 0 Å². The smallest absolute Gasteiger partial charge is 0.225 e. The number of hydrogen-bond donors (Lipinski definition) is 4. The number of piperidine rings is 1. The average molecular weight is 410 g/mol. The first-order valence-electron chi connectivity index (χ1n) is 12.1. The molecule has 6 nitrogen and oxygen atoms in total. The Labute approximate surface area is 179 Å². The number of amides is 1. The lowest BCUT2D eigenvalue weighted by molar-refractivity contribution is -0.134. The molecule has 4 N–H and O–H groups in total. The molecule has 162 valence electrons. The first-order chi connectivity index (χ1) is 14.7. The van der Waals surface area contributed by atoms with Gasteiger partial charge in [-0.05, 0) is 92.1 Å². The van der Waals surface area contributed by atoms with Gasteiger partial charge in [-0.3, -0.25) is 4.79 Å².